The molecule has 28 heavy (non-hydrogen) atoms. The molecule has 2 aromatic rings. The van der Waals surface area contributed by atoms with Gasteiger partial charge in [-0.3, -0.25) is 4.79 Å². The van der Waals surface area contributed by atoms with Gasteiger partial charge in [-0.15, -0.1) is 0 Å². The second-order valence-electron chi connectivity index (χ2n) is 5.80. The van der Waals surface area contributed by atoms with Crippen molar-refractivity contribution in [2.75, 3.05) is 27.4 Å². The van der Waals surface area contributed by atoms with Crippen LogP contribution in [0.3, 0.4) is 0 Å². The van der Waals surface area contributed by atoms with Crippen molar-refractivity contribution in [3.63, 3.8) is 0 Å². The highest BCUT2D eigenvalue weighted by Crippen LogP contribution is 2.29. The molecule has 1 N–H and O–H groups in total. The molecule has 0 saturated heterocycles. The zero-order chi connectivity index (χ0) is 20.5. The monoisotopic (exact) mass is 391 g/mol. The van der Waals surface area contributed by atoms with Crippen LogP contribution < -0.4 is 19.5 Å². The number of carbonyl (C=O) groups is 2. The Balaban J connectivity index is 1.81. The molecule has 0 aliphatic heterocycles. The van der Waals surface area contributed by atoms with E-state index in [9.17, 15) is 14.0 Å². The molecule has 0 aromatic heterocycles. The van der Waals surface area contributed by atoms with Crippen molar-refractivity contribution in [1.82, 2.24) is 5.32 Å². The summed E-state index contributed by atoms with van der Waals surface area (Å²) >= 11 is 0. The van der Waals surface area contributed by atoms with Gasteiger partial charge in [-0.1, -0.05) is 0 Å². The molecule has 0 aliphatic carbocycles. The lowest BCUT2D eigenvalue weighted by molar-refractivity contribution is -0.150. The van der Waals surface area contributed by atoms with E-state index in [2.05, 4.69) is 5.32 Å². The van der Waals surface area contributed by atoms with Crippen molar-refractivity contribution in [1.29, 1.82) is 0 Å². The number of ether oxygens (including phenoxy) is 4. The maximum atomic E-state index is 12.8. The van der Waals surface area contributed by atoms with Gasteiger partial charge in [0.25, 0.3) is 5.91 Å². The molecule has 0 bridgehead atoms. The number of esters is 1. The lowest BCUT2D eigenvalue weighted by Gasteiger charge is -2.18. The highest BCUT2D eigenvalue weighted by molar-refractivity contribution is 5.81. The molecule has 2 aromatic carbocycles. The lowest BCUT2D eigenvalue weighted by atomic mass is 10.1. The lowest BCUT2D eigenvalue weighted by Crippen LogP contribution is -2.32. The third-order valence-corrected chi connectivity index (χ3v) is 3.82. The van der Waals surface area contributed by atoms with Crippen LogP contribution in [0, 0.1) is 5.82 Å². The van der Waals surface area contributed by atoms with Crippen molar-refractivity contribution in [3.8, 4) is 17.2 Å². The van der Waals surface area contributed by atoms with E-state index in [4.69, 9.17) is 18.9 Å². The largest absolute Gasteiger partial charge is 0.497 e. The Hall–Kier alpha value is -3.29. The molecule has 0 radical (unpaired) electrons. The van der Waals surface area contributed by atoms with Crippen LogP contribution in [0.5, 0.6) is 17.2 Å². The molecular formula is C20H22FNO6. The normalized spacial score (nSPS) is 11.3. The smallest absolute Gasteiger partial charge is 0.344 e. The average molecular weight is 391 g/mol. The van der Waals surface area contributed by atoms with Crippen molar-refractivity contribution in [2.45, 2.75) is 13.0 Å². The summed E-state index contributed by atoms with van der Waals surface area (Å²) < 4.78 is 33.3. The summed E-state index contributed by atoms with van der Waals surface area (Å²) in [6, 6.07) is 10.0. The third-order valence-electron chi connectivity index (χ3n) is 3.82. The van der Waals surface area contributed by atoms with Gasteiger partial charge in [0.05, 0.1) is 20.3 Å². The number of methoxy groups -OCH3 is 2. The Labute approximate surface area is 162 Å². The van der Waals surface area contributed by atoms with E-state index >= 15 is 0 Å². The van der Waals surface area contributed by atoms with Gasteiger partial charge in [0.1, 0.15) is 23.1 Å². The molecule has 0 heterocycles. The molecule has 150 valence electrons. The molecule has 0 fully saturated rings. The number of rotatable bonds is 9. The molecule has 0 aliphatic rings. The summed E-state index contributed by atoms with van der Waals surface area (Å²) in [6.07, 6.45) is 0. The molecule has 2 rings (SSSR count). The highest BCUT2D eigenvalue weighted by Gasteiger charge is 2.16. The maximum Gasteiger partial charge on any atom is 0.344 e. The van der Waals surface area contributed by atoms with Crippen LogP contribution in [0.25, 0.3) is 0 Å². The van der Waals surface area contributed by atoms with Gasteiger partial charge in [0, 0.05) is 5.56 Å². The number of hydrogen-bond acceptors (Lipinski definition) is 6. The Morgan fingerprint density at radius 1 is 1.00 bits per heavy atom. The fourth-order valence-corrected chi connectivity index (χ4v) is 2.40. The first kappa shape index (κ1) is 21.0. The predicted octanol–water partition coefficient (Wildman–Crippen LogP) is 2.64. The molecule has 1 amide bonds. The van der Waals surface area contributed by atoms with E-state index in [1.54, 1.807) is 32.2 Å². The Bertz CT molecular complexity index is 809. The summed E-state index contributed by atoms with van der Waals surface area (Å²) in [6.45, 7) is 0.926. The molecular weight excluding hydrogens is 369 g/mol. The zero-order valence-electron chi connectivity index (χ0n) is 15.9. The average Bonchev–Trinajstić information content (AvgIpc) is 2.71. The van der Waals surface area contributed by atoms with Gasteiger partial charge in [0.15, 0.2) is 13.2 Å². The van der Waals surface area contributed by atoms with Crippen LogP contribution in [-0.4, -0.2) is 39.3 Å². The number of carbonyl (C=O) groups excluding carboxylic acids is 2. The number of nitrogens with one attached hydrogen (secondary N) is 1. The van der Waals surface area contributed by atoms with Gasteiger partial charge < -0.3 is 24.3 Å². The number of halogens is 1. The van der Waals surface area contributed by atoms with Gasteiger partial charge in [0.2, 0.25) is 0 Å². The van der Waals surface area contributed by atoms with Crippen molar-refractivity contribution >= 4 is 11.9 Å². The molecule has 0 unspecified atom stereocenters. The number of amides is 1. The fourth-order valence-electron chi connectivity index (χ4n) is 2.40. The minimum atomic E-state index is -0.717. The van der Waals surface area contributed by atoms with Crippen LogP contribution in [0.1, 0.15) is 18.5 Å². The molecule has 0 saturated carbocycles. The number of benzene rings is 2. The van der Waals surface area contributed by atoms with Crippen LogP contribution in [0.2, 0.25) is 0 Å². The third kappa shape index (κ3) is 6.15. The first-order chi connectivity index (χ1) is 13.4. The van der Waals surface area contributed by atoms with E-state index in [0.717, 1.165) is 5.56 Å². The van der Waals surface area contributed by atoms with Gasteiger partial charge in [-0.2, -0.15) is 0 Å². The molecule has 8 heteroatoms. The summed E-state index contributed by atoms with van der Waals surface area (Å²) in [5.74, 6) is -0.0620. The summed E-state index contributed by atoms with van der Waals surface area (Å²) in [5, 5.41) is 2.72. The van der Waals surface area contributed by atoms with Gasteiger partial charge >= 0.3 is 5.97 Å². The van der Waals surface area contributed by atoms with E-state index in [0.29, 0.717) is 17.2 Å². The van der Waals surface area contributed by atoms with E-state index < -0.39 is 36.9 Å². The number of hydrogen-bond donors (Lipinski definition) is 1. The second-order valence-corrected chi connectivity index (χ2v) is 5.80. The van der Waals surface area contributed by atoms with Crippen LogP contribution >= 0.6 is 0 Å². The second kappa shape index (κ2) is 10.1. The highest BCUT2D eigenvalue weighted by atomic mass is 19.1. The topological polar surface area (TPSA) is 83.1 Å². The van der Waals surface area contributed by atoms with E-state index in [1.807, 2.05) is 0 Å². The zero-order valence-corrected chi connectivity index (χ0v) is 15.9. The molecule has 0 spiro atoms. The summed E-state index contributed by atoms with van der Waals surface area (Å²) in [4.78, 5) is 23.7. The van der Waals surface area contributed by atoms with Crippen LogP contribution in [-0.2, 0) is 14.3 Å². The molecule has 7 nitrogen and oxygen atoms in total. The van der Waals surface area contributed by atoms with Gasteiger partial charge in [-0.05, 0) is 49.4 Å². The first-order valence-corrected chi connectivity index (χ1v) is 8.48. The van der Waals surface area contributed by atoms with Crippen LogP contribution in [0.15, 0.2) is 42.5 Å². The van der Waals surface area contributed by atoms with E-state index in [-0.39, 0.29) is 0 Å². The molecule has 1 atom stereocenters. The summed E-state index contributed by atoms with van der Waals surface area (Å²) in [7, 11) is 3.07. The SMILES string of the molecule is COc1ccc(OC)c([C@H](C)NC(=O)COC(=O)COc2ccc(F)cc2)c1. The quantitative estimate of drug-likeness (QED) is 0.662. The van der Waals surface area contributed by atoms with Gasteiger partial charge in [-0.25, -0.2) is 9.18 Å². The first-order valence-electron chi connectivity index (χ1n) is 8.48. The van der Waals surface area contributed by atoms with E-state index in [1.165, 1.54) is 31.4 Å². The minimum Gasteiger partial charge on any atom is -0.497 e. The van der Waals surface area contributed by atoms with Crippen molar-refractivity contribution < 1.29 is 32.9 Å². The predicted molar refractivity (Wildman–Crippen MR) is 99.0 cm³/mol. The maximum absolute atomic E-state index is 12.8. The Morgan fingerprint density at radius 3 is 2.32 bits per heavy atom. The van der Waals surface area contributed by atoms with Crippen molar-refractivity contribution in [2.24, 2.45) is 0 Å². The van der Waals surface area contributed by atoms with Crippen molar-refractivity contribution in [3.05, 3.63) is 53.8 Å². The fraction of sp³-hybridized carbons (Fsp3) is 0.300. The summed E-state index contributed by atoms with van der Waals surface area (Å²) in [5.41, 5.74) is 0.723. The standard InChI is InChI=1S/C20H22FNO6/c1-13(17-10-16(25-2)8-9-18(17)26-3)22-19(23)11-28-20(24)12-27-15-6-4-14(21)5-7-15/h4-10,13H,11-12H2,1-3H3,(H,22,23)/t13-/m0/s1. The Kier molecular flexibility index (Phi) is 7.62. The minimum absolute atomic E-state index is 0.321. The Morgan fingerprint density at radius 2 is 1.68 bits per heavy atom. The van der Waals surface area contributed by atoms with Crippen LogP contribution in [0.4, 0.5) is 4.39 Å².